The van der Waals surface area contributed by atoms with Crippen molar-refractivity contribution in [2.24, 2.45) is 5.92 Å². The maximum atomic E-state index is 13.7. The fraction of sp³-hybridized carbons (Fsp3) is 0.667. The Morgan fingerprint density at radius 2 is 1.85 bits per heavy atom. The Morgan fingerprint density at radius 3 is 2.40 bits per heavy atom. The summed E-state index contributed by atoms with van der Waals surface area (Å²) in [6.07, 6.45) is 5.92. The van der Waals surface area contributed by atoms with E-state index in [1.807, 2.05) is 6.92 Å². The minimum Gasteiger partial charge on any atom is -0.310 e. The van der Waals surface area contributed by atoms with Crippen LogP contribution < -0.4 is 5.32 Å². The fourth-order valence-corrected chi connectivity index (χ4v) is 2.87. The second-order valence-corrected chi connectivity index (χ2v) is 5.80. The molecule has 0 saturated heterocycles. The molecule has 0 saturated carbocycles. The lowest BCUT2D eigenvalue weighted by Gasteiger charge is -2.28. The molecule has 114 valence electrons. The third-order valence-corrected chi connectivity index (χ3v) is 3.96. The molecule has 0 spiro atoms. The van der Waals surface area contributed by atoms with Gasteiger partial charge in [-0.1, -0.05) is 46.1 Å². The molecule has 0 aliphatic rings. The van der Waals surface area contributed by atoms with E-state index in [-0.39, 0.29) is 11.9 Å². The number of benzene rings is 1. The van der Waals surface area contributed by atoms with E-state index in [2.05, 4.69) is 32.2 Å². The van der Waals surface area contributed by atoms with Gasteiger partial charge in [-0.2, -0.15) is 0 Å². The molecule has 2 atom stereocenters. The van der Waals surface area contributed by atoms with Crippen molar-refractivity contribution in [3.63, 3.8) is 0 Å². The number of hydrogen-bond acceptors (Lipinski definition) is 1. The van der Waals surface area contributed by atoms with Crippen LogP contribution in [-0.2, 0) is 0 Å². The summed E-state index contributed by atoms with van der Waals surface area (Å²) in [7, 11) is 0. The Labute approximate surface area is 124 Å². The van der Waals surface area contributed by atoms with Crippen molar-refractivity contribution in [2.75, 3.05) is 6.54 Å². The number of unbranched alkanes of at least 4 members (excludes halogenated alkanes) is 1. The Balaban J connectivity index is 2.96. The lowest BCUT2D eigenvalue weighted by Crippen LogP contribution is -2.29. The first-order valence-electron chi connectivity index (χ1n) is 8.12. The molecule has 0 aliphatic heterocycles. The van der Waals surface area contributed by atoms with Crippen LogP contribution in [0.3, 0.4) is 0 Å². The van der Waals surface area contributed by atoms with Gasteiger partial charge in [-0.15, -0.1) is 0 Å². The molecule has 2 unspecified atom stereocenters. The van der Waals surface area contributed by atoms with Crippen molar-refractivity contribution in [1.29, 1.82) is 0 Å². The minimum atomic E-state index is -0.117. The molecule has 0 amide bonds. The lowest BCUT2D eigenvalue weighted by atomic mass is 9.86. The first-order valence-corrected chi connectivity index (χ1v) is 8.12. The summed E-state index contributed by atoms with van der Waals surface area (Å²) in [4.78, 5) is 0. The standard InChI is InChI=1S/C18H30FN/c1-5-8-9-15(7-3)18(20-10-6-2)16-11-14(4)12-17(19)13-16/h11-13,15,18,20H,5-10H2,1-4H3. The van der Waals surface area contributed by atoms with Gasteiger partial charge in [0.05, 0.1) is 0 Å². The smallest absolute Gasteiger partial charge is 0.123 e. The predicted molar refractivity (Wildman–Crippen MR) is 85.5 cm³/mol. The molecule has 0 bridgehead atoms. The SMILES string of the molecule is CCCCC(CC)C(NCCC)c1cc(C)cc(F)c1. The molecule has 0 fully saturated rings. The molecule has 1 aromatic rings. The molecule has 20 heavy (non-hydrogen) atoms. The number of nitrogens with one attached hydrogen (secondary N) is 1. The van der Waals surface area contributed by atoms with Crippen LogP contribution in [0.1, 0.15) is 70.0 Å². The molecule has 1 nitrogen and oxygen atoms in total. The van der Waals surface area contributed by atoms with Crippen molar-refractivity contribution in [3.05, 3.63) is 35.1 Å². The van der Waals surface area contributed by atoms with Gasteiger partial charge in [0, 0.05) is 6.04 Å². The molecular formula is C18H30FN. The van der Waals surface area contributed by atoms with Crippen molar-refractivity contribution < 1.29 is 4.39 Å². The van der Waals surface area contributed by atoms with E-state index in [4.69, 9.17) is 0 Å². The zero-order valence-corrected chi connectivity index (χ0v) is 13.5. The van der Waals surface area contributed by atoms with Gasteiger partial charge in [0.15, 0.2) is 0 Å². The summed E-state index contributed by atoms with van der Waals surface area (Å²) in [5.41, 5.74) is 2.12. The summed E-state index contributed by atoms with van der Waals surface area (Å²) in [6.45, 7) is 9.60. The highest BCUT2D eigenvalue weighted by molar-refractivity contribution is 5.26. The summed E-state index contributed by atoms with van der Waals surface area (Å²) < 4.78 is 13.7. The molecular weight excluding hydrogens is 249 g/mol. The molecule has 2 heteroatoms. The van der Waals surface area contributed by atoms with Gasteiger partial charge in [0.2, 0.25) is 0 Å². The number of aryl methyl sites for hydroxylation is 1. The summed E-state index contributed by atoms with van der Waals surface area (Å²) in [6, 6.07) is 5.72. The van der Waals surface area contributed by atoms with Gasteiger partial charge in [0.25, 0.3) is 0 Å². The number of hydrogen-bond donors (Lipinski definition) is 1. The Kier molecular flexibility index (Phi) is 7.83. The van der Waals surface area contributed by atoms with Gasteiger partial charge < -0.3 is 5.32 Å². The van der Waals surface area contributed by atoms with Crippen LogP contribution >= 0.6 is 0 Å². The molecule has 1 N–H and O–H groups in total. The average molecular weight is 279 g/mol. The van der Waals surface area contributed by atoms with Crippen molar-refractivity contribution in [3.8, 4) is 0 Å². The first kappa shape index (κ1) is 17.2. The van der Waals surface area contributed by atoms with Crippen LogP contribution in [0.4, 0.5) is 4.39 Å². The molecule has 1 aromatic carbocycles. The van der Waals surface area contributed by atoms with Crippen molar-refractivity contribution in [2.45, 2.75) is 65.8 Å². The molecule has 1 rings (SSSR count). The highest BCUT2D eigenvalue weighted by atomic mass is 19.1. The van der Waals surface area contributed by atoms with Gasteiger partial charge in [-0.3, -0.25) is 0 Å². The highest BCUT2D eigenvalue weighted by Crippen LogP contribution is 2.30. The largest absolute Gasteiger partial charge is 0.310 e. The Bertz CT molecular complexity index is 369. The van der Waals surface area contributed by atoms with E-state index >= 15 is 0 Å². The second kappa shape index (κ2) is 9.12. The molecule has 0 aromatic heterocycles. The van der Waals surface area contributed by atoms with Gasteiger partial charge in [0.1, 0.15) is 5.82 Å². The third kappa shape index (κ3) is 5.24. The van der Waals surface area contributed by atoms with E-state index in [0.717, 1.165) is 30.5 Å². The summed E-state index contributed by atoms with van der Waals surface area (Å²) >= 11 is 0. The van der Waals surface area contributed by atoms with Crippen molar-refractivity contribution in [1.82, 2.24) is 5.32 Å². The average Bonchev–Trinajstić information content (AvgIpc) is 2.41. The number of halogens is 1. The molecule has 0 aliphatic carbocycles. The zero-order valence-electron chi connectivity index (χ0n) is 13.5. The maximum Gasteiger partial charge on any atom is 0.123 e. The quantitative estimate of drug-likeness (QED) is 0.639. The van der Waals surface area contributed by atoms with Crippen LogP contribution in [0.25, 0.3) is 0 Å². The van der Waals surface area contributed by atoms with Crippen molar-refractivity contribution >= 4 is 0 Å². The van der Waals surface area contributed by atoms with Crippen LogP contribution in [0.5, 0.6) is 0 Å². The normalized spacial score (nSPS) is 14.2. The van der Waals surface area contributed by atoms with Crippen LogP contribution in [-0.4, -0.2) is 6.54 Å². The highest BCUT2D eigenvalue weighted by Gasteiger charge is 2.21. The maximum absolute atomic E-state index is 13.7. The van der Waals surface area contributed by atoms with E-state index in [0.29, 0.717) is 5.92 Å². The summed E-state index contributed by atoms with van der Waals surface area (Å²) in [5.74, 6) is 0.469. The van der Waals surface area contributed by atoms with Crippen LogP contribution in [0, 0.1) is 18.7 Å². The molecule has 0 radical (unpaired) electrons. The lowest BCUT2D eigenvalue weighted by molar-refractivity contribution is 0.323. The predicted octanol–water partition coefficient (Wildman–Crippen LogP) is 5.39. The monoisotopic (exact) mass is 279 g/mol. The van der Waals surface area contributed by atoms with E-state index in [1.165, 1.54) is 19.3 Å². The van der Waals surface area contributed by atoms with Crippen LogP contribution in [0.15, 0.2) is 18.2 Å². The summed E-state index contributed by atoms with van der Waals surface area (Å²) in [5, 5.41) is 3.63. The van der Waals surface area contributed by atoms with E-state index in [1.54, 1.807) is 12.1 Å². The topological polar surface area (TPSA) is 12.0 Å². The van der Waals surface area contributed by atoms with Crippen LogP contribution in [0.2, 0.25) is 0 Å². The fourth-order valence-electron chi connectivity index (χ4n) is 2.87. The second-order valence-electron chi connectivity index (χ2n) is 5.80. The van der Waals surface area contributed by atoms with Gasteiger partial charge >= 0.3 is 0 Å². The van der Waals surface area contributed by atoms with Gasteiger partial charge in [-0.05, 0) is 55.5 Å². The van der Waals surface area contributed by atoms with Gasteiger partial charge in [-0.25, -0.2) is 4.39 Å². The Hall–Kier alpha value is -0.890. The molecule has 0 heterocycles. The first-order chi connectivity index (χ1) is 9.62. The third-order valence-electron chi connectivity index (χ3n) is 3.96. The Morgan fingerprint density at radius 1 is 1.10 bits per heavy atom. The zero-order chi connectivity index (χ0) is 15.0. The van der Waals surface area contributed by atoms with E-state index in [9.17, 15) is 4.39 Å². The van der Waals surface area contributed by atoms with E-state index < -0.39 is 0 Å². The minimum absolute atomic E-state index is 0.117. The number of rotatable bonds is 9.